The molecule has 0 saturated carbocycles. The third kappa shape index (κ3) is 12200. The number of aliphatic carboxylic acids is 4. The van der Waals surface area contributed by atoms with E-state index < -0.39 is 23.9 Å². The molecule has 0 spiro atoms. The number of carbonyl (C=O) groups excluding carboxylic acids is 4. The molecule has 0 aromatic rings. The van der Waals surface area contributed by atoms with Gasteiger partial charge in [0.05, 0.1) is 0 Å². The van der Waals surface area contributed by atoms with Crippen LogP contribution in [-0.2, 0) is 19.2 Å². The summed E-state index contributed by atoms with van der Waals surface area (Å²) in [6.45, 7) is 5.08. The third-order valence-electron chi connectivity index (χ3n) is 0.167. The number of carboxylic acids is 4. The van der Waals surface area contributed by atoms with E-state index >= 15 is 0 Å². The van der Waals surface area contributed by atoms with Gasteiger partial charge < -0.3 is 139 Å². The molecule has 0 aromatic heterocycles. The van der Waals surface area contributed by atoms with Crippen molar-refractivity contribution in [1.82, 2.24) is 0 Å². The smallest absolute Gasteiger partial charge is 0.550 e. The van der Waals surface area contributed by atoms with E-state index in [-0.39, 0.29) is 206 Å². The van der Waals surface area contributed by atoms with Gasteiger partial charge in [0.2, 0.25) is 0 Å². The SMILES string of the molecule is CC(=O)[O-].CC(=O)[O-].CC(=O)[O-].CC(=O)[O-].NCCN.O.O.O.O.O.O.O.O.O.O.O.O.O.O.O.O.[Na+].[Na+].[Na+].[Na+]. The largest absolute Gasteiger partial charge is 1.00 e. The Morgan fingerprint density at radius 1 is 0.350 bits per heavy atom. The van der Waals surface area contributed by atoms with Crippen molar-refractivity contribution in [2.24, 2.45) is 11.5 Å². The van der Waals surface area contributed by atoms with E-state index in [9.17, 15) is 0 Å². The predicted octanol–water partition coefficient (Wildman–Crippen LogP) is -31.3. The summed E-state index contributed by atoms with van der Waals surface area (Å²) in [7, 11) is 0. The van der Waals surface area contributed by atoms with Crippen molar-refractivity contribution in [3.05, 3.63) is 0 Å². The van der Waals surface area contributed by atoms with Crippen LogP contribution in [0.15, 0.2) is 0 Å². The van der Waals surface area contributed by atoms with Crippen molar-refractivity contribution in [1.29, 1.82) is 0 Å². The van der Waals surface area contributed by atoms with Crippen LogP contribution >= 0.6 is 0 Å². The van der Waals surface area contributed by atoms with Crippen LogP contribution in [0.25, 0.3) is 0 Å². The van der Waals surface area contributed by atoms with Gasteiger partial charge >= 0.3 is 118 Å². The van der Waals surface area contributed by atoms with Gasteiger partial charge in [-0.05, 0) is 27.7 Å². The van der Waals surface area contributed by atoms with E-state index in [1.807, 2.05) is 0 Å². The van der Waals surface area contributed by atoms with Crippen LogP contribution in [-0.4, -0.2) is 125 Å². The molecule has 0 saturated heterocycles. The fourth-order valence-electron chi connectivity index (χ4n) is 0. The molecule has 36 N–H and O–H groups in total. The zero-order chi connectivity index (χ0) is 17.7. The number of hydrogen-bond donors (Lipinski definition) is 2. The summed E-state index contributed by atoms with van der Waals surface area (Å²) in [5, 5.41) is 35.6. The minimum atomic E-state index is -1.08. The summed E-state index contributed by atoms with van der Waals surface area (Å²) >= 11 is 0. The van der Waals surface area contributed by atoms with Gasteiger partial charge in [0.1, 0.15) is 0 Å². The van der Waals surface area contributed by atoms with E-state index in [0.29, 0.717) is 13.1 Å². The zero-order valence-electron chi connectivity index (χ0n) is 23.8. The molecule has 26 nitrogen and oxygen atoms in total. The summed E-state index contributed by atoms with van der Waals surface area (Å²) in [6.07, 6.45) is 0. The van der Waals surface area contributed by atoms with Crippen molar-refractivity contribution in [3.63, 3.8) is 0 Å². The normalized spacial score (nSPS) is 3.25. The molecule has 0 aromatic carbocycles. The van der Waals surface area contributed by atoms with Crippen LogP contribution in [0, 0.1) is 0 Å². The van der Waals surface area contributed by atoms with Gasteiger partial charge in [-0.1, -0.05) is 0 Å². The Morgan fingerprint density at radius 3 is 0.375 bits per heavy atom. The van der Waals surface area contributed by atoms with E-state index in [0.717, 1.165) is 27.7 Å². The Bertz CT molecular complexity index is 222. The molecular formula is C10H52N2Na4O24. The first-order chi connectivity index (χ1) is 8.84. The van der Waals surface area contributed by atoms with Crippen molar-refractivity contribution in [2.75, 3.05) is 13.1 Å². The molecule has 250 valence electrons. The van der Waals surface area contributed by atoms with Gasteiger partial charge in [-0.3, -0.25) is 0 Å². The summed E-state index contributed by atoms with van der Waals surface area (Å²) in [4.78, 5) is 35.6. The Labute approximate surface area is 318 Å². The molecule has 40 heavy (non-hydrogen) atoms. The van der Waals surface area contributed by atoms with E-state index in [4.69, 9.17) is 51.1 Å². The molecule has 0 aliphatic carbocycles. The maximum atomic E-state index is 8.89. The first-order valence-corrected chi connectivity index (χ1v) is 4.95. The molecule has 0 heterocycles. The molecular weight excluding hydrogens is 624 g/mol. The molecule has 0 fully saturated rings. The second-order valence-corrected chi connectivity index (χ2v) is 2.54. The van der Waals surface area contributed by atoms with Gasteiger partial charge in [-0.25, -0.2) is 0 Å². The van der Waals surface area contributed by atoms with Crippen molar-refractivity contribution < 1.29 is 245 Å². The first kappa shape index (κ1) is 254. The number of carbonyl (C=O) groups is 4. The number of carboxylic acid groups (broad SMARTS) is 4. The fourth-order valence-corrected chi connectivity index (χ4v) is 0. The van der Waals surface area contributed by atoms with E-state index in [2.05, 4.69) is 0 Å². The van der Waals surface area contributed by atoms with Crippen LogP contribution in [0.2, 0.25) is 0 Å². The Morgan fingerprint density at radius 2 is 0.375 bits per heavy atom. The van der Waals surface area contributed by atoms with Crippen LogP contribution in [0.1, 0.15) is 27.7 Å². The van der Waals surface area contributed by atoms with Crippen LogP contribution in [0.3, 0.4) is 0 Å². The van der Waals surface area contributed by atoms with Crippen molar-refractivity contribution >= 4 is 23.9 Å². The molecule has 0 amide bonds. The van der Waals surface area contributed by atoms with Crippen LogP contribution in [0.5, 0.6) is 0 Å². The predicted molar refractivity (Wildman–Crippen MR) is 119 cm³/mol. The van der Waals surface area contributed by atoms with Gasteiger partial charge in [-0.15, -0.1) is 0 Å². The number of rotatable bonds is 1. The summed E-state index contributed by atoms with van der Waals surface area (Å²) in [5.41, 5.74) is 9.81. The minimum Gasteiger partial charge on any atom is -0.550 e. The molecule has 30 heteroatoms. The van der Waals surface area contributed by atoms with Gasteiger partial charge in [0, 0.05) is 37.0 Å². The molecule has 0 unspecified atom stereocenters. The molecule has 0 rings (SSSR count). The second-order valence-electron chi connectivity index (χ2n) is 2.54. The standard InChI is InChI=1S/C2H8N2.4C2H4O2.4Na.16H2O/c3-1-2-4;4*1-2(3)4;;;;;;;;;;;;;;;;;;;;/h1-4H2;4*1H3,(H,3,4);;;;;16*1H2/q;;;;;4*+1;;;;;;;;;;;;;;;;/p-4. The van der Waals surface area contributed by atoms with Gasteiger partial charge in [0.25, 0.3) is 0 Å². The third-order valence-corrected chi connectivity index (χ3v) is 0.167. The summed E-state index contributed by atoms with van der Waals surface area (Å²) < 4.78 is 0. The monoisotopic (exact) mass is 676 g/mol. The number of hydrogen-bond acceptors (Lipinski definition) is 10. The minimum absolute atomic E-state index is 0. The van der Waals surface area contributed by atoms with Crippen molar-refractivity contribution in [3.8, 4) is 0 Å². The Balaban J connectivity index is -0.00000000272. The topological polar surface area (TPSA) is 717 Å². The Kier molecular flexibility index (Phi) is 1700. The maximum absolute atomic E-state index is 8.89. The Hall–Kier alpha value is 1.16. The first-order valence-electron chi connectivity index (χ1n) is 4.95. The summed E-state index contributed by atoms with van der Waals surface area (Å²) in [5.74, 6) is -4.33. The average molecular weight is 676 g/mol. The molecule has 0 atom stereocenters. The molecule has 0 aliphatic rings. The van der Waals surface area contributed by atoms with Gasteiger partial charge in [0.15, 0.2) is 0 Å². The van der Waals surface area contributed by atoms with Crippen molar-refractivity contribution in [2.45, 2.75) is 27.7 Å². The van der Waals surface area contributed by atoms with Crippen LogP contribution < -0.4 is 150 Å². The maximum Gasteiger partial charge on any atom is 1.00 e. The van der Waals surface area contributed by atoms with E-state index in [1.165, 1.54) is 0 Å². The second kappa shape index (κ2) is 268. The quantitative estimate of drug-likeness (QED) is 0.247. The molecule has 0 radical (unpaired) electrons. The van der Waals surface area contributed by atoms with E-state index in [1.54, 1.807) is 0 Å². The van der Waals surface area contributed by atoms with Gasteiger partial charge in [-0.2, -0.15) is 0 Å². The molecule has 0 aliphatic heterocycles. The average Bonchev–Trinajstić information content (AvgIpc) is 2.13. The zero-order valence-corrected chi connectivity index (χ0v) is 31.8. The summed E-state index contributed by atoms with van der Waals surface area (Å²) in [6, 6.07) is 0. The van der Waals surface area contributed by atoms with Crippen LogP contribution in [0.4, 0.5) is 0 Å². The fraction of sp³-hybridized carbons (Fsp3) is 0.600. The number of nitrogens with two attached hydrogens (primary N) is 2. The molecule has 0 bridgehead atoms.